The molecular weight excluding hydrogens is 384 g/mol. The monoisotopic (exact) mass is 414 g/mol. The van der Waals surface area contributed by atoms with Crippen molar-refractivity contribution in [3.8, 4) is 11.5 Å². The highest BCUT2D eigenvalue weighted by Gasteiger charge is 2.45. The maximum absolute atomic E-state index is 13.1. The van der Waals surface area contributed by atoms with Crippen molar-refractivity contribution in [3.63, 3.8) is 0 Å². The first-order valence-electron chi connectivity index (χ1n) is 10.6. The third kappa shape index (κ3) is 3.49. The van der Waals surface area contributed by atoms with Gasteiger partial charge in [0.25, 0.3) is 5.91 Å². The van der Waals surface area contributed by atoms with Gasteiger partial charge in [0.05, 0.1) is 14.2 Å². The number of carbonyl (C=O) groups is 2. The van der Waals surface area contributed by atoms with E-state index in [0.29, 0.717) is 43.1 Å². The first-order valence-corrected chi connectivity index (χ1v) is 10.6. The number of piperidine rings is 2. The van der Waals surface area contributed by atoms with Crippen LogP contribution in [-0.2, 0) is 4.79 Å². The molecule has 1 aromatic heterocycles. The summed E-state index contributed by atoms with van der Waals surface area (Å²) >= 11 is 0. The number of likely N-dealkylation sites (tertiary alicyclic amines) is 2. The van der Waals surface area contributed by atoms with Gasteiger partial charge in [-0.3, -0.25) is 14.5 Å². The number of amides is 2. The zero-order valence-corrected chi connectivity index (χ0v) is 17.7. The van der Waals surface area contributed by atoms with E-state index in [9.17, 15) is 9.59 Å². The van der Waals surface area contributed by atoms with Gasteiger partial charge in [0.15, 0.2) is 11.5 Å². The quantitative estimate of drug-likeness (QED) is 0.781. The first kappa shape index (κ1) is 20.5. The lowest BCUT2D eigenvalue weighted by atomic mass is 9.83. The lowest BCUT2D eigenvalue weighted by molar-refractivity contribution is -0.134. The highest BCUT2D eigenvalue weighted by atomic mass is 16.5. The van der Waals surface area contributed by atoms with Crippen LogP contribution in [0.3, 0.4) is 0 Å². The lowest BCUT2D eigenvalue weighted by Gasteiger charge is -2.48. The number of ether oxygens (including phenoxy) is 2. The number of nitrogens with zero attached hydrogens (tertiary/aromatic N) is 2. The van der Waals surface area contributed by atoms with Crippen LogP contribution >= 0.6 is 0 Å². The van der Waals surface area contributed by atoms with E-state index in [1.165, 1.54) is 6.42 Å². The summed E-state index contributed by atoms with van der Waals surface area (Å²) in [7, 11) is 3.17. The lowest BCUT2D eigenvalue weighted by Crippen LogP contribution is -2.63. The molecule has 0 saturated carbocycles. The summed E-state index contributed by atoms with van der Waals surface area (Å²) in [4.78, 5) is 32.8. The Morgan fingerprint density at radius 1 is 0.967 bits per heavy atom. The number of nitrogens with two attached hydrogens (primary N) is 1. The van der Waals surface area contributed by atoms with E-state index in [0.717, 1.165) is 36.8 Å². The summed E-state index contributed by atoms with van der Waals surface area (Å²) < 4.78 is 10.7. The van der Waals surface area contributed by atoms with Crippen LogP contribution in [0.4, 0.5) is 0 Å². The molecule has 2 aliphatic rings. The molecule has 2 amide bonds. The summed E-state index contributed by atoms with van der Waals surface area (Å²) in [6.45, 7) is 2.84. The second kappa shape index (κ2) is 8.18. The van der Waals surface area contributed by atoms with E-state index in [1.807, 2.05) is 23.1 Å². The minimum Gasteiger partial charge on any atom is -0.493 e. The number of rotatable bonds is 5. The number of benzene rings is 1. The van der Waals surface area contributed by atoms with Crippen molar-refractivity contribution in [1.29, 1.82) is 0 Å². The topological polar surface area (TPSA) is 101 Å². The van der Waals surface area contributed by atoms with Gasteiger partial charge in [0, 0.05) is 30.1 Å². The van der Waals surface area contributed by atoms with E-state index < -0.39 is 5.54 Å². The van der Waals surface area contributed by atoms with E-state index in [1.54, 1.807) is 14.2 Å². The number of hydrogen-bond acceptors (Lipinski definition) is 5. The molecule has 0 spiro atoms. The number of hydrogen-bond donors (Lipinski definition) is 2. The molecule has 0 bridgehead atoms. The molecule has 8 nitrogen and oxygen atoms in total. The fourth-order valence-electron chi connectivity index (χ4n) is 4.86. The Bertz CT molecular complexity index is 899. The van der Waals surface area contributed by atoms with Gasteiger partial charge in [-0.15, -0.1) is 0 Å². The number of aromatic amines is 1. The molecule has 1 aromatic carbocycles. The molecule has 0 unspecified atom stereocenters. The predicted octanol–water partition coefficient (Wildman–Crippen LogP) is 2.13. The van der Waals surface area contributed by atoms with E-state index >= 15 is 0 Å². The van der Waals surface area contributed by atoms with Crippen molar-refractivity contribution in [1.82, 2.24) is 14.8 Å². The fourth-order valence-corrected chi connectivity index (χ4v) is 4.86. The molecule has 0 atom stereocenters. The van der Waals surface area contributed by atoms with E-state index in [4.69, 9.17) is 15.2 Å². The van der Waals surface area contributed by atoms with Crippen molar-refractivity contribution in [2.45, 2.75) is 37.6 Å². The standard InChI is InChI=1S/C22H30N4O4/c1-29-18-13-15-12-17(24-16(15)14-19(18)30-2)20(27)25-10-6-22(7-11-25,21(23)28)26-8-4-3-5-9-26/h12-14,24H,3-11H2,1-2H3,(H2,23,28). The minimum absolute atomic E-state index is 0.0687. The molecule has 2 aliphatic heterocycles. The molecule has 30 heavy (non-hydrogen) atoms. The van der Waals surface area contributed by atoms with Crippen molar-refractivity contribution >= 4 is 22.7 Å². The molecule has 2 saturated heterocycles. The van der Waals surface area contributed by atoms with Crippen LogP contribution in [0.25, 0.3) is 10.9 Å². The molecule has 0 aliphatic carbocycles. The Balaban J connectivity index is 1.51. The van der Waals surface area contributed by atoms with Gasteiger partial charge in [0.1, 0.15) is 11.2 Å². The van der Waals surface area contributed by atoms with Crippen LogP contribution in [0, 0.1) is 0 Å². The third-order valence-corrected chi connectivity index (χ3v) is 6.65. The summed E-state index contributed by atoms with van der Waals surface area (Å²) in [5.74, 6) is 0.896. The summed E-state index contributed by atoms with van der Waals surface area (Å²) in [5.41, 5.74) is 6.56. The molecule has 0 radical (unpaired) electrons. The normalized spacial score (nSPS) is 19.6. The second-order valence-corrected chi connectivity index (χ2v) is 8.21. The number of nitrogens with one attached hydrogen (secondary N) is 1. The Kier molecular flexibility index (Phi) is 5.60. The Hall–Kier alpha value is -2.74. The second-order valence-electron chi connectivity index (χ2n) is 8.21. The maximum atomic E-state index is 13.1. The van der Waals surface area contributed by atoms with Gasteiger partial charge < -0.3 is 25.1 Å². The number of primary amides is 1. The Labute approximate surface area is 176 Å². The molecule has 3 heterocycles. The van der Waals surface area contributed by atoms with Gasteiger partial charge >= 0.3 is 0 Å². The number of methoxy groups -OCH3 is 2. The molecular formula is C22H30N4O4. The van der Waals surface area contributed by atoms with Gasteiger partial charge in [0.2, 0.25) is 5.91 Å². The van der Waals surface area contributed by atoms with Gasteiger partial charge in [-0.05, 0) is 50.9 Å². The Morgan fingerprint density at radius 3 is 2.20 bits per heavy atom. The van der Waals surface area contributed by atoms with Gasteiger partial charge in [-0.2, -0.15) is 0 Å². The molecule has 2 fully saturated rings. The molecule has 162 valence electrons. The highest BCUT2D eigenvalue weighted by molar-refractivity contribution is 5.99. The van der Waals surface area contributed by atoms with E-state index in [-0.39, 0.29) is 11.8 Å². The van der Waals surface area contributed by atoms with Crippen LogP contribution in [0.5, 0.6) is 11.5 Å². The average Bonchev–Trinajstić information content (AvgIpc) is 3.21. The van der Waals surface area contributed by atoms with Gasteiger partial charge in [-0.25, -0.2) is 0 Å². The van der Waals surface area contributed by atoms with Gasteiger partial charge in [-0.1, -0.05) is 6.42 Å². The molecule has 2 aromatic rings. The SMILES string of the molecule is COc1cc2cc(C(=O)N3CCC(C(N)=O)(N4CCCCC4)CC3)[nH]c2cc1OC. The molecule has 3 N–H and O–H groups in total. The molecule has 4 rings (SSSR count). The van der Waals surface area contributed by atoms with Crippen LogP contribution in [-0.4, -0.2) is 72.5 Å². The Morgan fingerprint density at radius 2 is 1.60 bits per heavy atom. The van der Waals surface area contributed by atoms with Crippen molar-refractivity contribution in [3.05, 3.63) is 23.9 Å². The molecule has 8 heteroatoms. The number of fused-ring (bicyclic) bond motifs is 1. The number of carbonyl (C=O) groups excluding carboxylic acids is 2. The number of aromatic nitrogens is 1. The highest BCUT2D eigenvalue weighted by Crippen LogP contribution is 2.34. The minimum atomic E-state index is -0.627. The fraction of sp³-hybridized carbons (Fsp3) is 0.545. The maximum Gasteiger partial charge on any atom is 0.270 e. The average molecular weight is 415 g/mol. The largest absolute Gasteiger partial charge is 0.493 e. The first-order chi connectivity index (χ1) is 14.5. The van der Waals surface area contributed by atoms with E-state index in [2.05, 4.69) is 9.88 Å². The summed E-state index contributed by atoms with van der Waals surface area (Å²) in [5, 5.41) is 0.882. The third-order valence-electron chi connectivity index (χ3n) is 6.65. The van der Waals surface area contributed by atoms with Crippen molar-refractivity contribution in [2.24, 2.45) is 5.73 Å². The van der Waals surface area contributed by atoms with Crippen LogP contribution in [0.15, 0.2) is 18.2 Å². The van der Waals surface area contributed by atoms with Crippen LogP contribution in [0.1, 0.15) is 42.6 Å². The van der Waals surface area contributed by atoms with Crippen LogP contribution < -0.4 is 15.2 Å². The zero-order chi connectivity index (χ0) is 21.3. The van der Waals surface area contributed by atoms with Crippen molar-refractivity contribution < 1.29 is 19.1 Å². The summed E-state index contributed by atoms with van der Waals surface area (Å²) in [6, 6.07) is 5.52. The predicted molar refractivity (Wildman–Crippen MR) is 114 cm³/mol. The van der Waals surface area contributed by atoms with Crippen molar-refractivity contribution in [2.75, 3.05) is 40.4 Å². The number of H-pyrrole nitrogens is 1. The smallest absolute Gasteiger partial charge is 0.270 e. The van der Waals surface area contributed by atoms with Crippen LogP contribution in [0.2, 0.25) is 0 Å². The zero-order valence-electron chi connectivity index (χ0n) is 17.7. The summed E-state index contributed by atoms with van der Waals surface area (Å²) in [6.07, 6.45) is 4.55.